The van der Waals surface area contributed by atoms with Gasteiger partial charge in [0, 0.05) is 17.3 Å². The van der Waals surface area contributed by atoms with E-state index in [1.165, 1.54) is 12.1 Å². The van der Waals surface area contributed by atoms with Gasteiger partial charge < -0.3 is 5.11 Å². The Balaban J connectivity index is 2.17. The van der Waals surface area contributed by atoms with Crippen LogP contribution in [0.1, 0.15) is 5.56 Å². The summed E-state index contributed by atoms with van der Waals surface area (Å²) in [5, 5.41) is 9.78. The topological polar surface area (TPSA) is 33.1 Å². The van der Waals surface area contributed by atoms with Crippen LogP contribution in [0.4, 0.5) is 13.2 Å². The van der Waals surface area contributed by atoms with Gasteiger partial charge in [0.2, 0.25) is 0 Å². The highest BCUT2D eigenvalue weighted by Crippen LogP contribution is 2.38. The summed E-state index contributed by atoms with van der Waals surface area (Å²) in [6, 6.07) is 13.3. The van der Waals surface area contributed by atoms with Gasteiger partial charge in [-0.1, -0.05) is 35.9 Å². The highest BCUT2D eigenvalue weighted by atomic mass is 35.5. The molecule has 0 fully saturated rings. The number of hydrogen-bond donors (Lipinski definition) is 1. The maximum Gasteiger partial charge on any atom is 0.416 e. The van der Waals surface area contributed by atoms with Crippen LogP contribution in [-0.2, 0) is 6.18 Å². The summed E-state index contributed by atoms with van der Waals surface area (Å²) in [7, 11) is 0. The standard InChI is InChI=1S/C18H11ClF3NO/c19-16-10-12(24)5-6-14(16)13-3-1-2-4-15(13)17-9-11(7-8-23-17)18(20,21)22/h1-10,24H. The molecule has 0 spiro atoms. The Morgan fingerprint density at radius 1 is 0.875 bits per heavy atom. The molecule has 3 aromatic rings. The van der Waals surface area contributed by atoms with Gasteiger partial charge in [0.05, 0.1) is 16.3 Å². The Kier molecular flexibility index (Phi) is 4.20. The van der Waals surface area contributed by atoms with Gasteiger partial charge in [0.15, 0.2) is 0 Å². The summed E-state index contributed by atoms with van der Waals surface area (Å²) >= 11 is 6.17. The van der Waals surface area contributed by atoms with Crippen molar-refractivity contribution in [1.29, 1.82) is 0 Å². The Morgan fingerprint density at radius 3 is 2.25 bits per heavy atom. The second-order valence-electron chi connectivity index (χ2n) is 5.14. The molecular formula is C18H11ClF3NO. The van der Waals surface area contributed by atoms with Crippen molar-refractivity contribution in [2.75, 3.05) is 0 Å². The highest BCUT2D eigenvalue weighted by molar-refractivity contribution is 6.33. The number of halogens is 4. The molecule has 0 amide bonds. The minimum atomic E-state index is -4.44. The van der Waals surface area contributed by atoms with Gasteiger partial charge >= 0.3 is 6.18 Å². The van der Waals surface area contributed by atoms with E-state index >= 15 is 0 Å². The van der Waals surface area contributed by atoms with Crippen molar-refractivity contribution in [2.24, 2.45) is 0 Å². The van der Waals surface area contributed by atoms with Gasteiger partial charge in [0.1, 0.15) is 5.75 Å². The molecule has 2 nitrogen and oxygen atoms in total. The fourth-order valence-corrected chi connectivity index (χ4v) is 2.69. The molecule has 0 aliphatic carbocycles. The zero-order valence-corrected chi connectivity index (χ0v) is 12.9. The minimum Gasteiger partial charge on any atom is -0.508 e. The van der Waals surface area contributed by atoms with Crippen molar-refractivity contribution in [3.05, 3.63) is 71.4 Å². The molecule has 0 aliphatic rings. The SMILES string of the molecule is Oc1ccc(-c2ccccc2-c2cc(C(F)(F)F)ccn2)c(Cl)c1. The van der Waals surface area contributed by atoms with E-state index in [-0.39, 0.29) is 11.4 Å². The number of hydrogen-bond acceptors (Lipinski definition) is 2. The van der Waals surface area contributed by atoms with E-state index in [1.54, 1.807) is 30.3 Å². The average molecular weight is 350 g/mol. The lowest BCUT2D eigenvalue weighted by Crippen LogP contribution is -2.05. The van der Waals surface area contributed by atoms with Crippen molar-refractivity contribution in [2.45, 2.75) is 6.18 Å². The first-order valence-corrected chi connectivity index (χ1v) is 7.35. The summed E-state index contributed by atoms with van der Waals surface area (Å²) in [6.07, 6.45) is -3.31. The highest BCUT2D eigenvalue weighted by Gasteiger charge is 2.31. The molecule has 0 unspecified atom stereocenters. The Morgan fingerprint density at radius 2 is 1.58 bits per heavy atom. The predicted octanol–water partition coefficient (Wildman–Crippen LogP) is 5.79. The number of aromatic nitrogens is 1. The second kappa shape index (κ2) is 6.17. The molecule has 6 heteroatoms. The summed E-state index contributed by atoms with van der Waals surface area (Å²) in [4.78, 5) is 4.06. The third kappa shape index (κ3) is 3.21. The van der Waals surface area contributed by atoms with Gasteiger partial charge in [0.25, 0.3) is 0 Å². The largest absolute Gasteiger partial charge is 0.508 e. The third-order valence-corrected chi connectivity index (χ3v) is 3.85. The molecule has 1 heterocycles. The first-order chi connectivity index (χ1) is 11.4. The molecule has 0 aliphatic heterocycles. The number of benzene rings is 2. The molecule has 122 valence electrons. The van der Waals surface area contributed by atoms with Crippen molar-refractivity contribution >= 4 is 11.6 Å². The number of phenols is 1. The molecule has 0 radical (unpaired) electrons. The van der Waals surface area contributed by atoms with Crippen LogP contribution >= 0.6 is 11.6 Å². The number of alkyl halides is 3. The number of phenolic OH excluding ortho intramolecular Hbond substituents is 1. The minimum absolute atomic E-state index is 0.0124. The van der Waals surface area contributed by atoms with Gasteiger partial charge in [-0.3, -0.25) is 4.98 Å². The maximum atomic E-state index is 12.9. The average Bonchev–Trinajstić information content (AvgIpc) is 2.54. The van der Waals surface area contributed by atoms with Crippen molar-refractivity contribution in [3.63, 3.8) is 0 Å². The van der Waals surface area contributed by atoms with E-state index in [0.29, 0.717) is 21.7 Å². The molecule has 24 heavy (non-hydrogen) atoms. The lowest BCUT2D eigenvalue weighted by atomic mass is 9.96. The smallest absolute Gasteiger partial charge is 0.416 e. The molecule has 0 bridgehead atoms. The molecule has 0 saturated heterocycles. The van der Waals surface area contributed by atoms with Crippen LogP contribution < -0.4 is 0 Å². The molecule has 2 aromatic carbocycles. The van der Waals surface area contributed by atoms with E-state index in [9.17, 15) is 18.3 Å². The molecule has 1 aromatic heterocycles. The Bertz CT molecular complexity index is 893. The number of rotatable bonds is 2. The van der Waals surface area contributed by atoms with Crippen molar-refractivity contribution in [3.8, 4) is 28.1 Å². The fourth-order valence-electron chi connectivity index (χ4n) is 2.42. The number of nitrogens with zero attached hydrogens (tertiary/aromatic N) is 1. The van der Waals surface area contributed by atoms with Crippen molar-refractivity contribution < 1.29 is 18.3 Å². The molecular weight excluding hydrogens is 339 g/mol. The van der Waals surface area contributed by atoms with Crippen LogP contribution in [-0.4, -0.2) is 10.1 Å². The summed E-state index contributed by atoms with van der Waals surface area (Å²) in [5.74, 6) is 0.0124. The lowest BCUT2D eigenvalue weighted by molar-refractivity contribution is -0.137. The van der Waals surface area contributed by atoms with E-state index in [0.717, 1.165) is 18.3 Å². The zero-order valence-electron chi connectivity index (χ0n) is 12.2. The van der Waals surface area contributed by atoms with Crippen LogP contribution in [0.25, 0.3) is 22.4 Å². The normalized spacial score (nSPS) is 11.5. The van der Waals surface area contributed by atoms with E-state index in [4.69, 9.17) is 11.6 Å². The summed E-state index contributed by atoms with van der Waals surface area (Å²) < 4.78 is 38.8. The maximum absolute atomic E-state index is 12.9. The molecule has 0 saturated carbocycles. The summed E-state index contributed by atoms with van der Waals surface area (Å²) in [5.41, 5.74) is 1.19. The summed E-state index contributed by atoms with van der Waals surface area (Å²) in [6.45, 7) is 0. The van der Waals surface area contributed by atoms with Gasteiger partial charge in [-0.15, -0.1) is 0 Å². The predicted molar refractivity (Wildman–Crippen MR) is 86.8 cm³/mol. The monoisotopic (exact) mass is 349 g/mol. The lowest BCUT2D eigenvalue weighted by Gasteiger charge is -2.13. The Hall–Kier alpha value is -2.53. The molecule has 0 atom stereocenters. The van der Waals surface area contributed by atoms with Gasteiger partial charge in [-0.25, -0.2) is 0 Å². The number of aromatic hydroxyl groups is 1. The Labute approximate surface area is 141 Å². The first kappa shape index (κ1) is 16.3. The van der Waals surface area contributed by atoms with Crippen LogP contribution in [0.2, 0.25) is 5.02 Å². The quantitative estimate of drug-likeness (QED) is 0.635. The zero-order chi connectivity index (χ0) is 17.3. The molecule has 3 rings (SSSR count). The van der Waals surface area contributed by atoms with Gasteiger partial charge in [-0.2, -0.15) is 13.2 Å². The van der Waals surface area contributed by atoms with Crippen LogP contribution in [0.15, 0.2) is 60.8 Å². The third-order valence-electron chi connectivity index (χ3n) is 3.53. The van der Waals surface area contributed by atoms with E-state index in [2.05, 4.69) is 4.98 Å². The van der Waals surface area contributed by atoms with Gasteiger partial charge in [-0.05, 0) is 35.9 Å². The molecule has 1 N–H and O–H groups in total. The first-order valence-electron chi connectivity index (χ1n) is 6.98. The van der Waals surface area contributed by atoms with Crippen LogP contribution in [0.3, 0.4) is 0 Å². The van der Waals surface area contributed by atoms with Crippen LogP contribution in [0, 0.1) is 0 Å². The number of pyridine rings is 1. The van der Waals surface area contributed by atoms with E-state index in [1.807, 2.05) is 0 Å². The van der Waals surface area contributed by atoms with E-state index < -0.39 is 11.7 Å². The second-order valence-corrected chi connectivity index (χ2v) is 5.54. The fraction of sp³-hybridized carbons (Fsp3) is 0.0556. The van der Waals surface area contributed by atoms with Crippen LogP contribution in [0.5, 0.6) is 5.75 Å². The van der Waals surface area contributed by atoms with Crippen molar-refractivity contribution in [1.82, 2.24) is 4.98 Å².